The van der Waals surface area contributed by atoms with E-state index in [1.807, 2.05) is 0 Å². The number of rotatable bonds is 2. The van der Waals surface area contributed by atoms with E-state index in [2.05, 4.69) is 15.9 Å². The van der Waals surface area contributed by atoms with Gasteiger partial charge in [-0.2, -0.15) is 0 Å². The minimum atomic E-state index is -4.23. The largest absolute Gasteiger partial charge is 0.345 e. The molecule has 0 aromatic heterocycles. The van der Waals surface area contributed by atoms with Gasteiger partial charge in [0.25, 0.3) is 15.0 Å². The number of carbonyl (C=O) groups is 1. The Bertz CT molecular complexity index is 574. The number of nitrogens with zero attached hydrogens (tertiary/aromatic N) is 1. The maximum atomic E-state index is 13.4. The van der Waals surface area contributed by atoms with Crippen molar-refractivity contribution in [2.24, 2.45) is 0 Å². The highest BCUT2D eigenvalue weighted by Gasteiger charge is 2.22. The lowest BCUT2D eigenvalue weighted by Gasteiger charge is -2.12. The molecule has 1 aromatic carbocycles. The van der Waals surface area contributed by atoms with Crippen LogP contribution >= 0.6 is 26.6 Å². The van der Waals surface area contributed by atoms with Gasteiger partial charge in [-0.05, 0) is 28.1 Å². The molecule has 0 N–H and O–H groups in total. The Labute approximate surface area is 111 Å². The minimum Gasteiger partial charge on any atom is -0.345 e. The van der Waals surface area contributed by atoms with Gasteiger partial charge in [0, 0.05) is 29.3 Å². The van der Waals surface area contributed by atoms with Crippen LogP contribution in [0, 0.1) is 5.82 Å². The molecule has 0 aliphatic rings. The number of hydrogen-bond donors (Lipinski definition) is 0. The van der Waals surface area contributed by atoms with Gasteiger partial charge in [0.15, 0.2) is 0 Å². The maximum absolute atomic E-state index is 13.4. The van der Waals surface area contributed by atoms with Crippen LogP contribution < -0.4 is 0 Å². The first-order chi connectivity index (χ1) is 7.64. The van der Waals surface area contributed by atoms with Crippen LogP contribution in [0.1, 0.15) is 10.4 Å². The van der Waals surface area contributed by atoms with E-state index in [0.717, 1.165) is 12.1 Å². The van der Waals surface area contributed by atoms with E-state index >= 15 is 0 Å². The topological polar surface area (TPSA) is 54.5 Å². The van der Waals surface area contributed by atoms with Gasteiger partial charge in [-0.3, -0.25) is 4.79 Å². The van der Waals surface area contributed by atoms with Crippen LogP contribution in [0.2, 0.25) is 0 Å². The average molecular weight is 345 g/mol. The standard InChI is InChI=1S/C9H8BrClFNO3S/c1-13(2)9(14)5-3-8(17(11,15)16)7(12)4-6(5)10/h3-4H,1-2H3. The Kier molecular flexibility index (Phi) is 4.16. The highest BCUT2D eigenvalue weighted by molar-refractivity contribution is 9.10. The fourth-order valence-corrected chi connectivity index (χ4v) is 2.51. The second-order valence-electron chi connectivity index (χ2n) is 3.40. The molecule has 1 aromatic rings. The van der Waals surface area contributed by atoms with Crippen molar-refractivity contribution in [2.75, 3.05) is 14.1 Å². The van der Waals surface area contributed by atoms with E-state index in [0.29, 0.717) is 0 Å². The van der Waals surface area contributed by atoms with Crippen molar-refractivity contribution in [2.45, 2.75) is 4.90 Å². The summed E-state index contributed by atoms with van der Waals surface area (Å²) in [4.78, 5) is 12.2. The Morgan fingerprint density at radius 2 is 1.94 bits per heavy atom. The summed E-state index contributed by atoms with van der Waals surface area (Å²) >= 11 is 2.99. The normalized spacial score (nSPS) is 11.4. The third-order valence-corrected chi connectivity index (χ3v) is 3.91. The van der Waals surface area contributed by atoms with Gasteiger partial charge in [0.05, 0.1) is 5.56 Å². The smallest absolute Gasteiger partial charge is 0.264 e. The van der Waals surface area contributed by atoms with E-state index < -0.39 is 25.7 Å². The van der Waals surface area contributed by atoms with Gasteiger partial charge in [0.1, 0.15) is 10.7 Å². The van der Waals surface area contributed by atoms with Crippen molar-refractivity contribution in [1.82, 2.24) is 4.90 Å². The Morgan fingerprint density at radius 3 is 2.35 bits per heavy atom. The van der Waals surface area contributed by atoms with Crippen LogP contribution in [-0.2, 0) is 9.05 Å². The summed E-state index contributed by atoms with van der Waals surface area (Å²) in [7, 11) is 3.82. The fraction of sp³-hybridized carbons (Fsp3) is 0.222. The summed E-state index contributed by atoms with van der Waals surface area (Å²) in [5.41, 5.74) is 0.0237. The molecule has 0 spiro atoms. The monoisotopic (exact) mass is 343 g/mol. The molecule has 0 saturated heterocycles. The van der Waals surface area contributed by atoms with Gasteiger partial charge in [-0.15, -0.1) is 0 Å². The molecule has 0 unspecified atom stereocenters. The maximum Gasteiger partial charge on any atom is 0.264 e. The first kappa shape index (κ1) is 14.4. The second-order valence-corrected chi connectivity index (χ2v) is 6.79. The van der Waals surface area contributed by atoms with E-state index in [9.17, 15) is 17.6 Å². The van der Waals surface area contributed by atoms with Crippen LogP contribution in [0.4, 0.5) is 4.39 Å². The zero-order valence-corrected chi connectivity index (χ0v) is 12.0. The van der Waals surface area contributed by atoms with Gasteiger partial charge in [0.2, 0.25) is 0 Å². The molecule has 0 aliphatic heterocycles. The summed E-state index contributed by atoms with van der Waals surface area (Å²) < 4.78 is 35.7. The molecule has 0 radical (unpaired) electrons. The first-order valence-corrected chi connectivity index (χ1v) is 7.40. The van der Waals surface area contributed by atoms with Crippen molar-refractivity contribution in [3.05, 3.63) is 28.0 Å². The predicted molar refractivity (Wildman–Crippen MR) is 65.2 cm³/mol. The second kappa shape index (κ2) is 4.91. The number of halogens is 3. The zero-order valence-electron chi connectivity index (χ0n) is 8.87. The van der Waals surface area contributed by atoms with Crippen molar-refractivity contribution in [3.63, 3.8) is 0 Å². The Balaban J connectivity index is 3.50. The Morgan fingerprint density at radius 1 is 1.41 bits per heavy atom. The van der Waals surface area contributed by atoms with Crippen molar-refractivity contribution >= 4 is 41.6 Å². The first-order valence-electron chi connectivity index (χ1n) is 4.30. The van der Waals surface area contributed by atoms with Gasteiger partial charge >= 0.3 is 0 Å². The molecule has 94 valence electrons. The predicted octanol–water partition coefficient (Wildman–Crippen LogP) is 2.22. The SMILES string of the molecule is CN(C)C(=O)c1cc(S(=O)(=O)Cl)c(F)cc1Br. The third kappa shape index (κ3) is 3.17. The fourth-order valence-electron chi connectivity index (χ4n) is 1.12. The summed E-state index contributed by atoms with van der Waals surface area (Å²) in [5, 5.41) is 0. The molecule has 0 fully saturated rings. The zero-order chi connectivity index (χ0) is 13.4. The molecular weight excluding hydrogens is 337 g/mol. The number of benzene rings is 1. The number of carbonyl (C=O) groups excluding carboxylic acids is 1. The van der Waals surface area contributed by atoms with Crippen molar-refractivity contribution in [3.8, 4) is 0 Å². The Hall–Kier alpha value is -0.660. The summed E-state index contributed by atoms with van der Waals surface area (Å²) in [6.07, 6.45) is 0. The van der Waals surface area contributed by atoms with E-state index in [1.165, 1.54) is 19.0 Å². The van der Waals surface area contributed by atoms with Crippen molar-refractivity contribution < 1.29 is 17.6 Å². The number of amides is 1. The summed E-state index contributed by atoms with van der Waals surface area (Å²) in [5.74, 6) is -1.47. The van der Waals surface area contributed by atoms with Crippen LogP contribution in [0.15, 0.2) is 21.5 Å². The van der Waals surface area contributed by atoms with E-state index in [-0.39, 0.29) is 10.0 Å². The molecule has 0 saturated carbocycles. The average Bonchev–Trinajstić information content (AvgIpc) is 2.14. The van der Waals surface area contributed by atoms with Crippen LogP contribution in [0.25, 0.3) is 0 Å². The molecule has 4 nitrogen and oxygen atoms in total. The lowest BCUT2D eigenvalue weighted by atomic mass is 10.2. The minimum absolute atomic E-state index is 0.0237. The van der Waals surface area contributed by atoms with E-state index in [1.54, 1.807) is 0 Å². The van der Waals surface area contributed by atoms with Crippen LogP contribution in [0.5, 0.6) is 0 Å². The molecule has 0 atom stereocenters. The quantitative estimate of drug-likeness (QED) is 0.773. The molecule has 8 heteroatoms. The van der Waals surface area contributed by atoms with Crippen molar-refractivity contribution in [1.29, 1.82) is 0 Å². The van der Waals surface area contributed by atoms with Gasteiger partial charge in [-0.25, -0.2) is 12.8 Å². The van der Waals surface area contributed by atoms with E-state index in [4.69, 9.17) is 10.7 Å². The number of hydrogen-bond acceptors (Lipinski definition) is 3. The molecule has 0 heterocycles. The van der Waals surface area contributed by atoms with Gasteiger partial charge in [-0.1, -0.05) is 0 Å². The molecule has 1 amide bonds. The van der Waals surface area contributed by atoms with Crippen LogP contribution in [0.3, 0.4) is 0 Å². The third-order valence-electron chi connectivity index (χ3n) is 1.92. The molecule has 1 rings (SSSR count). The van der Waals surface area contributed by atoms with Gasteiger partial charge < -0.3 is 4.90 Å². The molecule has 0 aliphatic carbocycles. The van der Waals surface area contributed by atoms with Crippen LogP contribution in [-0.4, -0.2) is 33.3 Å². The molecule has 0 bridgehead atoms. The lowest BCUT2D eigenvalue weighted by Crippen LogP contribution is -2.22. The molecular formula is C9H8BrClFNO3S. The lowest BCUT2D eigenvalue weighted by molar-refractivity contribution is 0.0826. The highest BCUT2D eigenvalue weighted by Crippen LogP contribution is 2.27. The molecule has 17 heavy (non-hydrogen) atoms. The summed E-state index contributed by atoms with van der Waals surface area (Å²) in [6, 6.07) is 1.80. The highest BCUT2D eigenvalue weighted by atomic mass is 79.9. The summed E-state index contributed by atoms with van der Waals surface area (Å²) in [6.45, 7) is 0.